The van der Waals surface area contributed by atoms with Gasteiger partial charge in [-0.25, -0.2) is 0 Å². The lowest BCUT2D eigenvalue weighted by molar-refractivity contribution is 0.270. The number of nitrogens with one attached hydrogen (secondary N) is 1. The Labute approximate surface area is 128 Å². The van der Waals surface area contributed by atoms with Crippen LogP contribution in [0.25, 0.3) is 0 Å². The Kier molecular flexibility index (Phi) is 4.12. The van der Waals surface area contributed by atoms with Gasteiger partial charge in [0.05, 0.1) is 0 Å². The normalized spacial score (nSPS) is 22.6. The highest BCUT2D eigenvalue weighted by Crippen LogP contribution is 2.38. The Balaban J connectivity index is 1.56. The first kappa shape index (κ1) is 14.3. The van der Waals surface area contributed by atoms with Crippen molar-refractivity contribution in [2.45, 2.75) is 51.6 Å². The van der Waals surface area contributed by atoms with Crippen LogP contribution >= 0.6 is 0 Å². The van der Waals surface area contributed by atoms with Crippen LogP contribution in [-0.2, 0) is 0 Å². The summed E-state index contributed by atoms with van der Waals surface area (Å²) in [5.41, 5.74) is 5.69. The predicted molar refractivity (Wildman–Crippen MR) is 89.7 cm³/mol. The summed E-state index contributed by atoms with van der Waals surface area (Å²) in [5, 5.41) is 3.79. The van der Waals surface area contributed by atoms with Crippen molar-refractivity contribution in [3.8, 4) is 0 Å². The van der Waals surface area contributed by atoms with Gasteiger partial charge in [0.15, 0.2) is 0 Å². The predicted octanol–water partition coefficient (Wildman–Crippen LogP) is 4.90. The van der Waals surface area contributed by atoms with Crippen molar-refractivity contribution in [3.05, 3.63) is 70.8 Å². The first-order valence-corrected chi connectivity index (χ1v) is 8.01. The van der Waals surface area contributed by atoms with E-state index in [1.807, 2.05) is 0 Å². The van der Waals surface area contributed by atoms with Crippen molar-refractivity contribution < 1.29 is 0 Å². The molecule has 1 aliphatic carbocycles. The summed E-state index contributed by atoms with van der Waals surface area (Å²) in [7, 11) is 0. The molecule has 0 spiro atoms. The van der Waals surface area contributed by atoms with Gasteiger partial charge in [-0.3, -0.25) is 0 Å². The van der Waals surface area contributed by atoms with Crippen LogP contribution in [0.15, 0.2) is 48.5 Å². The zero-order valence-electron chi connectivity index (χ0n) is 13.3. The number of rotatable bonds is 4. The van der Waals surface area contributed by atoms with Gasteiger partial charge in [0.1, 0.15) is 0 Å². The molecular formula is C20H25N. The van der Waals surface area contributed by atoms with Gasteiger partial charge in [-0.1, -0.05) is 54.1 Å². The third-order valence-corrected chi connectivity index (χ3v) is 4.79. The molecule has 2 aromatic carbocycles. The van der Waals surface area contributed by atoms with Crippen LogP contribution in [0.4, 0.5) is 0 Å². The molecule has 0 aliphatic heterocycles. The molecule has 0 bridgehead atoms. The molecule has 1 saturated carbocycles. The van der Waals surface area contributed by atoms with E-state index >= 15 is 0 Å². The molecule has 1 unspecified atom stereocenters. The van der Waals surface area contributed by atoms with Crippen molar-refractivity contribution in [2.24, 2.45) is 0 Å². The van der Waals surface area contributed by atoms with Crippen molar-refractivity contribution in [3.63, 3.8) is 0 Å². The van der Waals surface area contributed by atoms with Gasteiger partial charge in [-0.2, -0.15) is 0 Å². The molecule has 3 rings (SSSR count). The summed E-state index contributed by atoms with van der Waals surface area (Å²) in [5.74, 6) is 0.742. The van der Waals surface area contributed by atoms with Crippen LogP contribution in [0.3, 0.4) is 0 Å². The maximum atomic E-state index is 3.79. The minimum atomic E-state index is 0.439. The molecule has 0 saturated heterocycles. The monoisotopic (exact) mass is 279 g/mol. The molecule has 0 heterocycles. The fourth-order valence-electron chi connectivity index (χ4n) is 3.47. The van der Waals surface area contributed by atoms with Gasteiger partial charge in [0, 0.05) is 12.1 Å². The second-order valence-corrected chi connectivity index (χ2v) is 6.52. The average molecular weight is 279 g/mol. The average Bonchev–Trinajstić information content (AvgIpc) is 2.42. The molecule has 2 aromatic rings. The Morgan fingerprint density at radius 2 is 1.76 bits per heavy atom. The van der Waals surface area contributed by atoms with Crippen LogP contribution in [0.1, 0.15) is 54.0 Å². The van der Waals surface area contributed by atoms with Crippen LogP contribution in [0, 0.1) is 13.8 Å². The first-order valence-electron chi connectivity index (χ1n) is 8.01. The highest BCUT2D eigenvalue weighted by atomic mass is 15.0. The molecule has 21 heavy (non-hydrogen) atoms. The highest BCUT2D eigenvalue weighted by Gasteiger charge is 2.31. The lowest BCUT2D eigenvalue weighted by Gasteiger charge is -2.38. The Morgan fingerprint density at radius 3 is 2.48 bits per heavy atom. The lowest BCUT2D eigenvalue weighted by atomic mass is 9.75. The minimum Gasteiger partial charge on any atom is -0.307 e. The van der Waals surface area contributed by atoms with Crippen molar-refractivity contribution in [2.75, 3.05) is 0 Å². The zero-order chi connectivity index (χ0) is 14.8. The Morgan fingerprint density at radius 1 is 1.00 bits per heavy atom. The van der Waals surface area contributed by atoms with E-state index in [2.05, 4.69) is 74.6 Å². The molecule has 1 aliphatic rings. The molecular weight excluding hydrogens is 254 g/mol. The van der Waals surface area contributed by atoms with Crippen LogP contribution in [0.2, 0.25) is 0 Å². The van der Waals surface area contributed by atoms with E-state index in [0.717, 1.165) is 5.92 Å². The maximum absolute atomic E-state index is 3.79. The van der Waals surface area contributed by atoms with E-state index in [-0.39, 0.29) is 0 Å². The molecule has 1 N–H and O–H groups in total. The molecule has 0 radical (unpaired) electrons. The third kappa shape index (κ3) is 3.19. The van der Waals surface area contributed by atoms with Gasteiger partial charge >= 0.3 is 0 Å². The van der Waals surface area contributed by atoms with E-state index in [1.54, 1.807) is 0 Å². The van der Waals surface area contributed by atoms with E-state index in [4.69, 9.17) is 0 Å². The molecule has 0 aromatic heterocycles. The lowest BCUT2D eigenvalue weighted by Crippen LogP contribution is -2.41. The second kappa shape index (κ2) is 6.03. The van der Waals surface area contributed by atoms with Crippen molar-refractivity contribution >= 4 is 0 Å². The number of aryl methyl sites for hydroxylation is 2. The van der Waals surface area contributed by atoms with Crippen LogP contribution in [0.5, 0.6) is 0 Å². The van der Waals surface area contributed by atoms with Crippen LogP contribution in [-0.4, -0.2) is 6.04 Å². The van der Waals surface area contributed by atoms with E-state index < -0.39 is 0 Å². The summed E-state index contributed by atoms with van der Waals surface area (Å²) in [6.07, 6.45) is 2.53. The van der Waals surface area contributed by atoms with Gasteiger partial charge in [-0.05, 0) is 56.2 Å². The zero-order valence-corrected chi connectivity index (χ0v) is 13.3. The first-order chi connectivity index (χ1) is 10.1. The van der Waals surface area contributed by atoms with E-state index in [9.17, 15) is 0 Å². The SMILES string of the molecule is Cc1cccc(C2CC(NC(C)c3ccccc3C)C2)c1. The van der Waals surface area contributed by atoms with Gasteiger partial charge in [0.25, 0.3) is 0 Å². The molecule has 0 amide bonds. The summed E-state index contributed by atoms with van der Waals surface area (Å²) < 4.78 is 0. The third-order valence-electron chi connectivity index (χ3n) is 4.79. The highest BCUT2D eigenvalue weighted by molar-refractivity contribution is 5.30. The maximum Gasteiger partial charge on any atom is 0.0296 e. The number of benzene rings is 2. The fourth-order valence-corrected chi connectivity index (χ4v) is 3.47. The molecule has 1 fully saturated rings. The molecule has 1 heteroatoms. The fraction of sp³-hybridized carbons (Fsp3) is 0.400. The summed E-state index contributed by atoms with van der Waals surface area (Å²) >= 11 is 0. The number of hydrogen-bond donors (Lipinski definition) is 1. The Bertz CT molecular complexity index is 611. The van der Waals surface area contributed by atoms with E-state index in [1.165, 1.54) is 35.1 Å². The smallest absolute Gasteiger partial charge is 0.0296 e. The van der Waals surface area contributed by atoms with Crippen molar-refractivity contribution in [1.82, 2.24) is 5.32 Å². The summed E-state index contributed by atoms with van der Waals surface area (Å²) in [4.78, 5) is 0. The standard InChI is InChI=1S/C20H25N/c1-14-7-6-9-17(11-14)18-12-19(13-18)21-16(3)20-10-5-4-8-15(20)2/h4-11,16,18-19,21H,12-13H2,1-3H3. The minimum absolute atomic E-state index is 0.439. The molecule has 1 atom stereocenters. The summed E-state index contributed by atoms with van der Waals surface area (Å²) in [6.45, 7) is 6.66. The van der Waals surface area contributed by atoms with E-state index in [0.29, 0.717) is 12.1 Å². The summed E-state index contributed by atoms with van der Waals surface area (Å²) in [6, 6.07) is 18.8. The topological polar surface area (TPSA) is 12.0 Å². The quantitative estimate of drug-likeness (QED) is 0.839. The molecule has 110 valence electrons. The van der Waals surface area contributed by atoms with Crippen molar-refractivity contribution in [1.29, 1.82) is 0 Å². The Hall–Kier alpha value is -1.60. The number of hydrogen-bond acceptors (Lipinski definition) is 1. The van der Waals surface area contributed by atoms with Gasteiger partial charge < -0.3 is 5.32 Å². The van der Waals surface area contributed by atoms with Gasteiger partial charge in [0.2, 0.25) is 0 Å². The molecule has 1 nitrogen and oxygen atoms in total. The second-order valence-electron chi connectivity index (χ2n) is 6.52. The van der Waals surface area contributed by atoms with Gasteiger partial charge in [-0.15, -0.1) is 0 Å². The largest absolute Gasteiger partial charge is 0.307 e. The van der Waals surface area contributed by atoms with Crippen LogP contribution < -0.4 is 5.32 Å².